The maximum absolute atomic E-state index is 11.0. The Morgan fingerprint density at radius 2 is 2.41 bits per heavy atom. The minimum atomic E-state index is 0.00632. The number of rotatable bonds is 6. The van der Waals surface area contributed by atoms with Crippen molar-refractivity contribution in [3.8, 4) is 0 Å². The zero-order valence-corrected chi connectivity index (χ0v) is 10.3. The van der Waals surface area contributed by atoms with E-state index in [0.29, 0.717) is 5.69 Å². The zero-order chi connectivity index (χ0) is 12.1. The summed E-state index contributed by atoms with van der Waals surface area (Å²) < 4.78 is 7.47. The summed E-state index contributed by atoms with van der Waals surface area (Å²) in [6, 6.07) is 0. The van der Waals surface area contributed by atoms with Crippen LogP contribution in [0.2, 0.25) is 0 Å². The number of carbonyl (C=O) groups is 1. The van der Waals surface area contributed by atoms with Gasteiger partial charge in [0.15, 0.2) is 12.0 Å². The predicted octanol–water partition coefficient (Wildman–Crippen LogP) is 2.13. The summed E-state index contributed by atoms with van der Waals surface area (Å²) in [7, 11) is 0. The van der Waals surface area contributed by atoms with E-state index in [0.717, 1.165) is 44.4 Å². The van der Waals surface area contributed by atoms with Gasteiger partial charge in [-0.2, -0.15) is 0 Å². The maximum Gasteiger partial charge on any atom is 0.172 e. The summed E-state index contributed by atoms with van der Waals surface area (Å²) in [5.41, 5.74) is 1.31. The lowest BCUT2D eigenvalue weighted by Crippen LogP contribution is -2.10. The molecule has 1 atom stereocenters. The van der Waals surface area contributed by atoms with Gasteiger partial charge in [-0.05, 0) is 19.3 Å². The summed E-state index contributed by atoms with van der Waals surface area (Å²) in [4.78, 5) is 11.0. The first-order chi connectivity index (χ1) is 8.36. The minimum absolute atomic E-state index is 0.00632. The first kappa shape index (κ1) is 12.2. The van der Waals surface area contributed by atoms with Gasteiger partial charge in [0.2, 0.25) is 0 Å². The van der Waals surface area contributed by atoms with Gasteiger partial charge in [-0.15, -0.1) is 5.10 Å². The minimum Gasteiger partial charge on any atom is -0.372 e. The molecule has 94 valence electrons. The van der Waals surface area contributed by atoms with Crippen molar-refractivity contribution in [3.05, 3.63) is 11.4 Å². The molecule has 1 aliphatic heterocycles. The normalized spacial score (nSPS) is 19.7. The Morgan fingerprint density at radius 3 is 3.06 bits per heavy atom. The Balaban J connectivity index is 2.13. The molecule has 1 aliphatic rings. The van der Waals surface area contributed by atoms with Crippen LogP contribution in [0.4, 0.5) is 0 Å². The third kappa shape index (κ3) is 2.72. The summed E-state index contributed by atoms with van der Waals surface area (Å²) in [6.45, 7) is 3.76. The van der Waals surface area contributed by atoms with Gasteiger partial charge in [-0.3, -0.25) is 4.79 Å². The Morgan fingerprint density at radius 1 is 1.53 bits per heavy atom. The van der Waals surface area contributed by atoms with E-state index in [1.54, 1.807) is 0 Å². The summed E-state index contributed by atoms with van der Waals surface area (Å²) in [6.07, 6.45) is 6.20. The molecule has 5 heteroatoms. The van der Waals surface area contributed by atoms with Crippen LogP contribution in [0.15, 0.2) is 0 Å². The number of nitrogens with zero attached hydrogens (tertiary/aromatic N) is 3. The average molecular weight is 237 g/mol. The second-order valence-corrected chi connectivity index (χ2v) is 4.41. The molecular weight excluding hydrogens is 218 g/mol. The van der Waals surface area contributed by atoms with E-state index in [-0.39, 0.29) is 6.10 Å². The van der Waals surface area contributed by atoms with Gasteiger partial charge in [0, 0.05) is 13.2 Å². The molecule has 0 bridgehead atoms. The molecule has 0 spiro atoms. The third-order valence-electron chi connectivity index (χ3n) is 3.12. The number of aldehydes is 1. The highest BCUT2D eigenvalue weighted by Gasteiger charge is 2.26. The number of aryl methyl sites for hydroxylation is 1. The molecule has 17 heavy (non-hydrogen) atoms. The fraction of sp³-hybridized carbons (Fsp3) is 0.750. The maximum atomic E-state index is 11.0. The number of unbranched alkanes of at least 4 members (excludes halogenated alkanes) is 2. The van der Waals surface area contributed by atoms with Crippen LogP contribution < -0.4 is 0 Å². The number of hydrogen-bond acceptors (Lipinski definition) is 4. The molecule has 0 aromatic carbocycles. The lowest BCUT2D eigenvalue weighted by molar-refractivity contribution is 0.100. The van der Waals surface area contributed by atoms with Gasteiger partial charge in [-0.1, -0.05) is 25.0 Å². The van der Waals surface area contributed by atoms with Crippen LogP contribution in [0, 0.1) is 0 Å². The van der Waals surface area contributed by atoms with Crippen LogP contribution in [-0.2, 0) is 11.3 Å². The fourth-order valence-electron chi connectivity index (χ4n) is 2.22. The Labute approximate surface area is 101 Å². The molecule has 0 aliphatic carbocycles. The van der Waals surface area contributed by atoms with Gasteiger partial charge in [0.25, 0.3) is 0 Å². The third-order valence-corrected chi connectivity index (χ3v) is 3.12. The summed E-state index contributed by atoms with van der Waals surface area (Å²) in [5, 5.41) is 7.98. The van der Waals surface area contributed by atoms with E-state index >= 15 is 0 Å². The van der Waals surface area contributed by atoms with Crippen molar-refractivity contribution in [1.29, 1.82) is 0 Å². The zero-order valence-electron chi connectivity index (χ0n) is 10.3. The molecule has 5 nitrogen and oxygen atoms in total. The van der Waals surface area contributed by atoms with E-state index in [1.165, 1.54) is 12.8 Å². The van der Waals surface area contributed by atoms with Crippen LogP contribution in [0.5, 0.6) is 0 Å². The monoisotopic (exact) mass is 237 g/mol. The lowest BCUT2D eigenvalue weighted by atomic mass is 10.1. The lowest BCUT2D eigenvalue weighted by Gasteiger charge is -2.12. The van der Waals surface area contributed by atoms with Crippen LogP contribution in [0.3, 0.4) is 0 Å². The van der Waals surface area contributed by atoms with Crippen LogP contribution in [-0.4, -0.2) is 27.9 Å². The van der Waals surface area contributed by atoms with Crippen LogP contribution in [0.1, 0.15) is 61.3 Å². The molecule has 0 amide bonds. The highest BCUT2D eigenvalue weighted by molar-refractivity contribution is 5.73. The van der Waals surface area contributed by atoms with E-state index in [9.17, 15) is 4.79 Å². The van der Waals surface area contributed by atoms with E-state index in [4.69, 9.17) is 4.74 Å². The second kappa shape index (κ2) is 5.91. The SMILES string of the molecule is CCCCCn1nnc(C=O)c1C1CCCO1. The summed E-state index contributed by atoms with van der Waals surface area (Å²) >= 11 is 0. The Bertz CT molecular complexity index is 370. The number of hydrogen-bond donors (Lipinski definition) is 0. The number of ether oxygens (including phenoxy) is 1. The average Bonchev–Trinajstić information content (AvgIpc) is 2.96. The Hall–Kier alpha value is -1.23. The molecule has 1 aromatic rings. The predicted molar refractivity (Wildman–Crippen MR) is 62.9 cm³/mol. The van der Waals surface area contributed by atoms with Crippen molar-refractivity contribution in [3.63, 3.8) is 0 Å². The summed E-state index contributed by atoms with van der Waals surface area (Å²) in [5.74, 6) is 0. The topological polar surface area (TPSA) is 57.0 Å². The highest BCUT2D eigenvalue weighted by atomic mass is 16.5. The molecular formula is C12H19N3O2. The molecule has 0 N–H and O–H groups in total. The van der Waals surface area contributed by atoms with Crippen molar-refractivity contribution in [2.45, 2.75) is 51.7 Å². The van der Waals surface area contributed by atoms with Crippen molar-refractivity contribution >= 4 is 6.29 Å². The molecule has 1 unspecified atom stereocenters. The highest BCUT2D eigenvalue weighted by Crippen LogP contribution is 2.29. The standard InChI is InChI=1S/C12H19N3O2/c1-2-3-4-7-15-12(10(9-16)13-14-15)11-6-5-8-17-11/h9,11H,2-8H2,1H3. The quantitative estimate of drug-likeness (QED) is 0.562. The molecule has 2 rings (SSSR count). The fourth-order valence-corrected chi connectivity index (χ4v) is 2.22. The van der Waals surface area contributed by atoms with Crippen molar-refractivity contribution < 1.29 is 9.53 Å². The van der Waals surface area contributed by atoms with Gasteiger partial charge >= 0.3 is 0 Å². The van der Waals surface area contributed by atoms with Crippen molar-refractivity contribution in [1.82, 2.24) is 15.0 Å². The van der Waals surface area contributed by atoms with E-state index in [1.807, 2.05) is 4.68 Å². The first-order valence-electron chi connectivity index (χ1n) is 6.37. The van der Waals surface area contributed by atoms with Gasteiger partial charge in [-0.25, -0.2) is 4.68 Å². The first-order valence-corrected chi connectivity index (χ1v) is 6.37. The number of aromatic nitrogens is 3. The molecule has 0 radical (unpaired) electrons. The molecule has 1 aromatic heterocycles. The molecule has 1 saturated heterocycles. The van der Waals surface area contributed by atoms with Crippen LogP contribution >= 0.6 is 0 Å². The molecule has 0 saturated carbocycles. The smallest absolute Gasteiger partial charge is 0.172 e. The number of carbonyl (C=O) groups excluding carboxylic acids is 1. The van der Waals surface area contributed by atoms with Crippen LogP contribution in [0.25, 0.3) is 0 Å². The van der Waals surface area contributed by atoms with Crippen molar-refractivity contribution in [2.24, 2.45) is 0 Å². The van der Waals surface area contributed by atoms with Gasteiger partial charge < -0.3 is 4.74 Å². The van der Waals surface area contributed by atoms with Crippen molar-refractivity contribution in [2.75, 3.05) is 6.61 Å². The second-order valence-electron chi connectivity index (χ2n) is 4.41. The van der Waals surface area contributed by atoms with Gasteiger partial charge in [0.1, 0.15) is 6.10 Å². The largest absolute Gasteiger partial charge is 0.372 e. The van der Waals surface area contributed by atoms with E-state index in [2.05, 4.69) is 17.2 Å². The Kier molecular flexibility index (Phi) is 4.25. The molecule has 2 heterocycles. The van der Waals surface area contributed by atoms with E-state index < -0.39 is 0 Å². The van der Waals surface area contributed by atoms with Gasteiger partial charge in [0.05, 0.1) is 5.69 Å². The molecule has 1 fully saturated rings.